The van der Waals surface area contributed by atoms with E-state index in [9.17, 15) is 9.59 Å². The Labute approximate surface area is 148 Å². The van der Waals surface area contributed by atoms with Crippen LogP contribution >= 0.6 is 11.6 Å². The Bertz CT molecular complexity index is 611. The molecule has 0 unspecified atom stereocenters. The van der Waals surface area contributed by atoms with Crippen molar-refractivity contribution in [3.8, 4) is 5.75 Å². The Hall–Kier alpha value is -1.75. The first kappa shape index (κ1) is 18.6. The molecule has 24 heavy (non-hydrogen) atoms. The minimum absolute atomic E-state index is 0.0438. The molecule has 0 aromatic heterocycles. The fourth-order valence-corrected chi connectivity index (χ4v) is 3.10. The van der Waals surface area contributed by atoms with E-state index in [1.165, 1.54) is 0 Å². The van der Waals surface area contributed by atoms with Crippen molar-refractivity contribution in [2.45, 2.75) is 33.1 Å². The van der Waals surface area contributed by atoms with E-state index in [0.717, 1.165) is 18.4 Å². The third kappa shape index (κ3) is 4.20. The number of methoxy groups -OCH3 is 1. The molecule has 0 aliphatic carbocycles. The standard InChI is InChI=1S/C18H25ClN2O3/c1-4-5-6-17(22)20-7-9-21(10-8-20)18(23)14-12-15(19)16(24-3)11-13(14)2/h11-12H,4-10H2,1-3H3. The molecule has 1 heterocycles. The Morgan fingerprint density at radius 2 is 1.79 bits per heavy atom. The van der Waals surface area contributed by atoms with Crippen molar-refractivity contribution < 1.29 is 14.3 Å². The molecule has 1 saturated heterocycles. The first-order chi connectivity index (χ1) is 11.5. The summed E-state index contributed by atoms with van der Waals surface area (Å²) >= 11 is 6.15. The smallest absolute Gasteiger partial charge is 0.254 e. The number of carbonyl (C=O) groups is 2. The van der Waals surface area contributed by atoms with Crippen LogP contribution < -0.4 is 4.74 Å². The highest BCUT2D eigenvalue weighted by molar-refractivity contribution is 6.32. The topological polar surface area (TPSA) is 49.9 Å². The van der Waals surface area contributed by atoms with E-state index in [4.69, 9.17) is 16.3 Å². The molecule has 132 valence electrons. The summed E-state index contributed by atoms with van der Waals surface area (Å²) in [4.78, 5) is 28.4. The number of benzene rings is 1. The number of unbranched alkanes of at least 4 members (excludes halogenated alkanes) is 1. The minimum Gasteiger partial charge on any atom is -0.495 e. The molecule has 0 N–H and O–H groups in total. The highest BCUT2D eigenvalue weighted by Gasteiger charge is 2.25. The second-order valence-electron chi connectivity index (χ2n) is 6.08. The lowest BCUT2D eigenvalue weighted by Crippen LogP contribution is -2.50. The summed E-state index contributed by atoms with van der Waals surface area (Å²) < 4.78 is 5.18. The Morgan fingerprint density at radius 3 is 2.38 bits per heavy atom. The largest absolute Gasteiger partial charge is 0.495 e. The molecular weight excluding hydrogens is 328 g/mol. The van der Waals surface area contributed by atoms with Crippen LogP contribution in [0.2, 0.25) is 5.02 Å². The van der Waals surface area contributed by atoms with Crippen LogP contribution in [0.4, 0.5) is 0 Å². The van der Waals surface area contributed by atoms with Gasteiger partial charge in [-0.1, -0.05) is 24.9 Å². The maximum absolute atomic E-state index is 12.7. The van der Waals surface area contributed by atoms with Gasteiger partial charge in [-0.15, -0.1) is 0 Å². The van der Waals surface area contributed by atoms with E-state index in [1.807, 2.05) is 11.8 Å². The molecule has 1 fully saturated rings. The lowest BCUT2D eigenvalue weighted by Gasteiger charge is -2.35. The molecule has 1 aliphatic heterocycles. The molecule has 2 rings (SSSR count). The van der Waals surface area contributed by atoms with Crippen molar-refractivity contribution in [2.75, 3.05) is 33.3 Å². The number of amides is 2. The highest BCUT2D eigenvalue weighted by atomic mass is 35.5. The van der Waals surface area contributed by atoms with E-state index in [-0.39, 0.29) is 11.8 Å². The Balaban J connectivity index is 2.00. The normalized spacial score (nSPS) is 14.7. The lowest BCUT2D eigenvalue weighted by atomic mass is 10.1. The zero-order valence-electron chi connectivity index (χ0n) is 14.6. The van der Waals surface area contributed by atoms with Gasteiger partial charge in [-0.3, -0.25) is 9.59 Å². The monoisotopic (exact) mass is 352 g/mol. The molecule has 0 bridgehead atoms. The van der Waals surface area contributed by atoms with Gasteiger partial charge in [0.25, 0.3) is 5.91 Å². The number of ether oxygens (including phenoxy) is 1. The van der Waals surface area contributed by atoms with E-state index in [0.29, 0.717) is 48.9 Å². The summed E-state index contributed by atoms with van der Waals surface area (Å²) in [6.07, 6.45) is 2.53. The third-order valence-electron chi connectivity index (χ3n) is 4.39. The van der Waals surface area contributed by atoms with E-state index in [1.54, 1.807) is 24.1 Å². The number of aryl methyl sites for hydroxylation is 1. The van der Waals surface area contributed by atoms with Crippen LogP contribution in [-0.2, 0) is 4.79 Å². The Kier molecular flexibility index (Phi) is 6.49. The molecule has 0 atom stereocenters. The lowest BCUT2D eigenvalue weighted by molar-refractivity contribution is -0.132. The number of carbonyl (C=O) groups excluding carboxylic acids is 2. The van der Waals surface area contributed by atoms with Gasteiger partial charge in [-0.25, -0.2) is 0 Å². The SMILES string of the molecule is CCCCC(=O)N1CCN(C(=O)c2cc(Cl)c(OC)cc2C)CC1. The average Bonchev–Trinajstić information content (AvgIpc) is 2.60. The average molecular weight is 353 g/mol. The van der Waals surface area contributed by atoms with Crippen LogP contribution in [0.15, 0.2) is 12.1 Å². The summed E-state index contributed by atoms with van der Waals surface area (Å²) in [5, 5.41) is 0.430. The summed E-state index contributed by atoms with van der Waals surface area (Å²) in [6, 6.07) is 3.44. The number of hydrogen-bond acceptors (Lipinski definition) is 3. The van der Waals surface area contributed by atoms with Crippen LogP contribution in [-0.4, -0.2) is 54.9 Å². The van der Waals surface area contributed by atoms with Crippen LogP contribution in [0.3, 0.4) is 0 Å². The van der Waals surface area contributed by atoms with E-state index in [2.05, 4.69) is 6.92 Å². The molecule has 5 nitrogen and oxygen atoms in total. The molecule has 1 aromatic carbocycles. The van der Waals surface area contributed by atoms with Crippen LogP contribution in [0.5, 0.6) is 5.75 Å². The van der Waals surface area contributed by atoms with Crippen molar-refractivity contribution in [1.82, 2.24) is 9.80 Å². The van der Waals surface area contributed by atoms with E-state index < -0.39 is 0 Å². The van der Waals surface area contributed by atoms with Crippen molar-refractivity contribution in [3.05, 3.63) is 28.3 Å². The summed E-state index contributed by atoms with van der Waals surface area (Å²) in [7, 11) is 1.55. The predicted molar refractivity (Wildman–Crippen MR) is 94.7 cm³/mol. The fraction of sp³-hybridized carbons (Fsp3) is 0.556. The zero-order valence-corrected chi connectivity index (χ0v) is 15.4. The molecule has 0 spiro atoms. The zero-order chi connectivity index (χ0) is 17.7. The number of halogens is 1. The molecular formula is C18H25ClN2O3. The first-order valence-corrected chi connectivity index (χ1v) is 8.77. The van der Waals surface area contributed by atoms with Gasteiger partial charge in [-0.05, 0) is 31.0 Å². The van der Waals surface area contributed by atoms with Crippen molar-refractivity contribution in [3.63, 3.8) is 0 Å². The van der Waals surface area contributed by atoms with Gasteiger partial charge < -0.3 is 14.5 Å². The van der Waals surface area contributed by atoms with Crippen molar-refractivity contribution in [2.24, 2.45) is 0 Å². The summed E-state index contributed by atoms with van der Waals surface area (Å²) in [5.74, 6) is 0.711. The van der Waals surface area contributed by atoms with Gasteiger partial charge in [0.15, 0.2) is 0 Å². The number of hydrogen-bond donors (Lipinski definition) is 0. The van der Waals surface area contributed by atoms with Gasteiger partial charge in [0.2, 0.25) is 5.91 Å². The van der Waals surface area contributed by atoms with Crippen molar-refractivity contribution >= 4 is 23.4 Å². The second-order valence-corrected chi connectivity index (χ2v) is 6.49. The van der Waals surface area contributed by atoms with Gasteiger partial charge in [0.1, 0.15) is 5.75 Å². The molecule has 2 amide bonds. The van der Waals surface area contributed by atoms with Crippen LogP contribution in [0.1, 0.15) is 42.1 Å². The molecule has 1 aliphatic rings. The maximum Gasteiger partial charge on any atom is 0.254 e. The predicted octanol–water partition coefficient (Wildman–Crippen LogP) is 3.13. The number of nitrogens with zero attached hydrogens (tertiary/aromatic N) is 2. The second kappa shape index (κ2) is 8.38. The van der Waals surface area contributed by atoms with Gasteiger partial charge in [0, 0.05) is 38.2 Å². The third-order valence-corrected chi connectivity index (χ3v) is 4.69. The molecule has 6 heteroatoms. The Morgan fingerprint density at radius 1 is 1.17 bits per heavy atom. The van der Waals surface area contributed by atoms with Gasteiger partial charge in [0.05, 0.1) is 12.1 Å². The highest BCUT2D eigenvalue weighted by Crippen LogP contribution is 2.28. The van der Waals surface area contributed by atoms with Crippen molar-refractivity contribution in [1.29, 1.82) is 0 Å². The molecule has 1 aromatic rings. The quantitative estimate of drug-likeness (QED) is 0.818. The van der Waals surface area contributed by atoms with Crippen LogP contribution in [0, 0.1) is 6.92 Å². The maximum atomic E-state index is 12.7. The van der Waals surface area contributed by atoms with Crippen LogP contribution in [0.25, 0.3) is 0 Å². The fourth-order valence-electron chi connectivity index (χ4n) is 2.86. The minimum atomic E-state index is -0.0438. The summed E-state index contributed by atoms with van der Waals surface area (Å²) in [6.45, 7) is 6.25. The number of piperazine rings is 1. The molecule has 0 radical (unpaired) electrons. The van der Waals surface area contributed by atoms with E-state index >= 15 is 0 Å². The molecule has 0 saturated carbocycles. The number of rotatable bonds is 5. The van der Waals surface area contributed by atoms with Gasteiger partial charge >= 0.3 is 0 Å². The first-order valence-electron chi connectivity index (χ1n) is 8.39. The van der Waals surface area contributed by atoms with Gasteiger partial charge in [-0.2, -0.15) is 0 Å². The summed E-state index contributed by atoms with van der Waals surface area (Å²) in [5.41, 5.74) is 1.43.